The van der Waals surface area contributed by atoms with Gasteiger partial charge in [0.25, 0.3) is 0 Å². The first-order valence-corrected chi connectivity index (χ1v) is 5.36. The number of hydrogen-bond acceptors (Lipinski definition) is 3. The SMILES string of the molecule is COCCC(C)NC(=NCC(C)C)NN. The van der Waals surface area contributed by atoms with E-state index in [1.807, 2.05) is 0 Å². The van der Waals surface area contributed by atoms with Gasteiger partial charge in [0.15, 0.2) is 0 Å². The van der Waals surface area contributed by atoms with Crippen molar-refractivity contribution in [1.29, 1.82) is 0 Å². The average Bonchev–Trinajstić information content (AvgIpc) is 2.20. The first kappa shape index (κ1) is 14.2. The second kappa shape index (κ2) is 8.49. The fourth-order valence-corrected chi connectivity index (χ4v) is 1.01. The number of guanidine groups is 1. The Labute approximate surface area is 92.4 Å². The highest BCUT2D eigenvalue weighted by Gasteiger charge is 2.04. The monoisotopic (exact) mass is 216 g/mol. The van der Waals surface area contributed by atoms with Crippen LogP contribution in [0.2, 0.25) is 0 Å². The Morgan fingerprint density at radius 3 is 2.53 bits per heavy atom. The fraction of sp³-hybridized carbons (Fsp3) is 0.900. The van der Waals surface area contributed by atoms with Gasteiger partial charge in [0, 0.05) is 26.3 Å². The van der Waals surface area contributed by atoms with E-state index in [9.17, 15) is 0 Å². The summed E-state index contributed by atoms with van der Waals surface area (Å²) < 4.78 is 4.99. The molecule has 0 amide bonds. The van der Waals surface area contributed by atoms with E-state index in [4.69, 9.17) is 10.6 Å². The van der Waals surface area contributed by atoms with Crippen LogP contribution in [-0.4, -0.2) is 32.3 Å². The smallest absolute Gasteiger partial charge is 0.205 e. The van der Waals surface area contributed by atoms with Crippen LogP contribution in [0.25, 0.3) is 0 Å². The van der Waals surface area contributed by atoms with Gasteiger partial charge in [0.2, 0.25) is 5.96 Å². The van der Waals surface area contributed by atoms with Crippen molar-refractivity contribution in [1.82, 2.24) is 10.7 Å². The summed E-state index contributed by atoms with van der Waals surface area (Å²) in [5, 5.41) is 3.19. The van der Waals surface area contributed by atoms with E-state index >= 15 is 0 Å². The maximum Gasteiger partial charge on any atom is 0.205 e. The van der Waals surface area contributed by atoms with Crippen LogP contribution in [0, 0.1) is 5.92 Å². The second-order valence-corrected chi connectivity index (χ2v) is 4.05. The number of hydrazine groups is 1. The van der Waals surface area contributed by atoms with Gasteiger partial charge >= 0.3 is 0 Å². The molecule has 0 aromatic heterocycles. The van der Waals surface area contributed by atoms with Crippen LogP contribution < -0.4 is 16.6 Å². The number of hydrogen-bond donors (Lipinski definition) is 3. The molecule has 0 radical (unpaired) electrons. The number of rotatable bonds is 6. The summed E-state index contributed by atoms with van der Waals surface area (Å²) in [5.74, 6) is 6.54. The Balaban J connectivity index is 3.91. The summed E-state index contributed by atoms with van der Waals surface area (Å²) in [4.78, 5) is 4.32. The van der Waals surface area contributed by atoms with Crippen LogP contribution in [0.4, 0.5) is 0 Å². The van der Waals surface area contributed by atoms with Gasteiger partial charge in [0.1, 0.15) is 0 Å². The molecular formula is C10H24N4O. The zero-order valence-electron chi connectivity index (χ0n) is 10.2. The predicted molar refractivity (Wildman–Crippen MR) is 63.6 cm³/mol. The molecule has 0 spiro atoms. The number of aliphatic imine (C=N–C) groups is 1. The summed E-state index contributed by atoms with van der Waals surface area (Å²) >= 11 is 0. The minimum absolute atomic E-state index is 0.298. The molecule has 0 aliphatic rings. The normalized spacial score (nSPS) is 14.1. The van der Waals surface area contributed by atoms with Gasteiger partial charge in [-0.1, -0.05) is 13.8 Å². The number of nitrogens with two attached hydrogens (primary N) is 1. The number of ether oxygens (including phenoxy) is 1. The minimum atomic E-state index is 0.298. The van der Waals surface area contributed by atoms with Crippen LogP contribution in [0.1, 0.15) is 27.2 Å². The molecule has 90 valence electrons. The molecule has 0 aromatic rings. The molecule has 1 unspecified atom stereocenters. The molecule has 1 atom stereocenters. The molecule has 0 aliphatic carbocycles. The Bertz CT molecular complexity index is 182. The predicted octanol–water partition coefficient (Wildman–Crippen LogP) is 0.476. The Morgan fingerprint density at radius 2 is 2.07 bits per heavy atom. The quantitative estimate of drug-likeness (QED) is 0.261. The van der Waals surface area contributed by atoms with Crippen molar-refractivity contribution in [2.24, 2.45) is 16.8 Å². The molecule has 0 aromatic carbocycles. The van der Waals surface area contributed by atoms with Crippen molar-refractivity contribution in [2.75, 3.05) is 20.3 Å². The van der Waals surface area contributed by atoms with E-state index in [1.165, 1.54) is 0 Å². The third-order valence-electron chi connectivity index (χ3n) is 1.89. The third-order valence-corrected chi connectivity index (χ3v) is 1.89. The average molecular weight is 216 g/mol. The second-order valence-electron chi connectivity index (χ2n) is 4.05. The van der Waals surface area contributed by atoms with E-state index in [-0.39, 0.29) is 0 Å². The summed E-state index contributed by atoms with van der Waals surface area (Å²) in [5.41, 5.74) is 2.56. The lowest BCUT2D eigenvalue weighted by atomic mass is 10.2. The first-order chi connectivity index (χ1) is 7.10. The van der Waals surface area contributed by atoms with Gasteiger partial charge in [-0.15, -0.1) is 0 Å². The maximum atomic E-state index is 5.36. The van der Waals surface area contributed by atoms with Crippen molar-refractivity contribution in [3.05, 3.63) is 0 Å². The molecule has 5 nitrogen and oxygen atoms in total. The van der Waals surface area contributed by atoms with Gasteiger partial charge in [-0.2, -0.15) is 0 Å². The van der Waals surface area contributed by atoms with E-state index < -0.39 is 0 Å². The topological polar surface area (TPSA) is 71.7 Å². The van der Waals surface area contributed by atoms with E-state index in [1.54, 1.807) is 7.11 Å². The molecule has 0 bridgehead atoms. The lowest BCUT2D eigenvalue weighted by molar-refractivity contribution is 0.187. The highest BCUT2D eigenvalue weighted by atomic mass is 16.5. The Hall–Kier alpha value is -0.810. The lowest BCUT2D eigenvalue weighted by Gasteiger charge is -2.16. The lowest BCUT2D eigenvalue weighted by Crippen LogP contribution is -2.46. The Kier molecular flexibility index (Phi) is 8.04. The van der Waals surface area contributed by atoms with Crippen molar-refractivity contribution in [3.8, 4) is 0 Å². The molecule has 0 saturated heterocycles. The summed E-state index contributed by atoms with van der Waals surface area (Å²) in [7, 11) is 1.70. The highest BCUT2D eigenvalue weighted by Crippen LogP contribution is 1.93. The van der Waals surface area contributed by atoms with Crippen molar-refractivity contribution < 1.29 is 4.74 Å². The molecular weight excluding hydrogens is 192 g/mol. The number of methoxy groups -OCH3 is 1. The van der Waals surface area contributed by atoms with Crippen LogP contribution >= 0.6 is 0 Å². The van der Waals surface area contributed by atoms with Crippen LogP contribution in [0.15, 0.2) is 4.99 Å². The summed E-state index contributed by atoms with van der Waals surface area (Å²) in [6, 6.07) is 0.298. The number of nitrogens with one attached hydrogen (secondary N) is 2. The molecule has 4 N–H and O–H groups in total. The standard InChI is InChI=1S/C10H24N4O/c1-8(2)7-12-10(14-11)13-9(3)5-6-15-4/h8-9H,5-7,11H2,1-4H3,(H2,12,13,14). The van der Waals surface area contributed by atoms with Crippen LogP contribution in [0.3, 0.4) is 0 Å². The van der Waals surface area contributed by atoms with E-state index in [0.717, 1.165) is 19.6 Å². The third kappa shape index (κ3) is 8.20. The van der Waals surface area contributed by atoms with Gasteiger partial charge in [0.05, 0.1) is 0 Å². The van der Waals surface area contributed by atoms with Crippen molar-refractivity contribution in [2.45, 2.75) is 33.2 Å². The minimum Gasteiger partial charge on any atom is -0.385 e. The van der Waals surface area contributed by atoms with E-state index in [0.29, 0.717) is 17.9 Å². The van der Waals surface area contributed by atoms with Gasteiger partial charge in [-0.3, -0.25) is 10.4 Å². The largest absolute Gasteiger partial charge is 0.385 e. The van der Waals surface area contributed by atoms with Crippen LogP contribution in [0.5, 0.6) is 0 Å². The molecule has 5 heteroatoms. The molecule has 0 saturated carbocycles. The zero-order valence-corrected chi connectivity index (χ0v) is 10.2. The maximum absolute atomic E-state index is 5.36. The summed E-state index contributed by atoms with van der Waals surface area (Å²) in [6.07, 6.45) is 0.929. The zero-order chi connectivity index (χ0) is 11.7. The van der Waals surface area contributed by atoms with Gasteiger partial charge < -0.3 is 10.1 Å². The first-order valence-electron chi connectivity index (χ1n) is 5.36. The van der Waals surface area contributed by atoms with Gasteiger partial charge in [-0.25, -0.2) is 5.84 Å². The highest BCUT2D eigenvalue weighted by molar-refractivity contribution is 5.79. The van der Waals surface area contributed by atoms with Crippen molar-refractivity contribution in [3.63, 3.8) is 0 Å². The Morgan fingerprint density at radius 1 is 1.40 bits per heavy atom. The van der Waals surface area contributed by atoms with Gasteiger partial charge in [-0.05, 0) is 19.3 Å². The molecule has 0 heterocycles. The fourth-order valence-electron chi connectivity index (χ4n) is 1.01. The van der Waals surface area contributed by atoms with Crippen LogP contribution in [-0.2, 0) is 4.74 Å². The van der Waals surface area contributed by atoms with Crippen molar-refractivity contribution >= 4 is 5.96 Å². The molecule has 0 rings (SSSR count). The molecule has 0 aliphatic heterocycles. The number of nitrogens with zero attached hydrogens (tertiary/aromatic N) is 1. The molecule has 0 fully saturated rings. The van der Waals surface area contributed by atoms with E-state index in [2.05, 4.69) is 36.5 Å². The summed E-state index contributed by atoms with van der Waals surface area (Å²) in [6.45, 7) is 7.80. The molecule has 15 heavy (non-hydrogen) atoms.